The summed E-state index contributed by atoms with van der Waals surface area (Å²) in [5.41, 5.74) is 3.99. The predicted molar refractivity (Wildman–Crippen MR) is 127 cm³/mol. The minimum atomic E-state index is -0.238. The maximum Gasteiger partial charge on any atom is 0.302 e. The number of imidazole rings is 1. The number of carbonyl (C=O) groups excluding carboxylic acids is 1. The van der Waals surface area contributed by atoms with E-state index in [2.05, 4.69) is 16.0 Å². The minimum absolute atomic E-state index is 0.0999. The Morgan fingerprint density at radius 2 is 2.09 bits per heavy atom. The molecule has 2 aromatic heterocycles. The van der Waals surface area contributed by atoms with Crippen molar-refractivity contribution in [3.05, 3.63) is 65.9 Å². The Kier molecular flexibility index (Phi) is 6.04. The number of hydrogen-bond acceptors (Lipinski definition) is 7. The predicted octanol–water partition coefficient (Wildman–Crippen LogP) is 4.09. The molecule has 34 heavy (non-hydrogen) atoms. The number of nitrogens with zero attached hydrogens (tertiary/aromatic N) is 4. The van der Waals surface area contributed by atoms with Gasteiger partial charge >= 0.3 is 5.97 Å². The molecule has 0 amide bonds. The third-order valence-corrected chi connectivity index (χ3v) is 6.47. The lowest BCUT2D eigenvalue weighted by molar-refractivity contribution is -0.148. The van der Waals surface area contributed by atoms with E-state index >= 15 is 0 Å². The van der Waals surface area contributed by atoms with E-state index in [9.17, 15) is 4.79 Å². The summed E-state index contributed by atoms with van der Waals surface area (Å²) in [5.74, 6) is 2.08. The molecule has 0 N–H and O–H groups in total. The second-order valence-electron chi connectivity index (χ2n) is 8.59. The fraction of sp³-hybridized carbons (Fsp3) is 0.385. The second-order valence-corrected chi connectivity index (χ2v) is 8.59. The molecule has 0 bridgehead atoms. The van der Waals surface area contributed by atoms with E-state index in [1.165, 1.54) is 6.92 Å². The first-order chi connectivity index (χ1) is 16.6. The summed E-state index contributed by atoms with van der Waals surface area (Å²) in [6.45, 7) is 3.97. The average Bonchev–Trinajstić information content (AvgIpc) is 3.38. The molecule has 1 aromatic carbocycles. The van der Waals surface area contributed by atoms with Crippen molar-refractivity contribution in [1.82, 2.24) is 14.5 Å². The van der Waals surface area contributed by atoms with Crippen molar-refractivity contribution in [3.8, 4) is 17.3 Å². The lowest BCUT2D eigenvalue weighted by atomic mass is 9.74. The summed E-state index contributed by atoms with van der Waals surface area (Å²) in [7, 11) is 1.64. The van der Waals surface area contributed by atoms with E-state index in [0.717, 1.165) is 47.5 Å². The van der Waals surface area contributed by atoms with Gasteiger partial charge in [-0.2, -0.15) is 0 Å². The van der Waals surface area contributed by atoms with Crippen molar-refractivity contribution >= 4 is 11.7 Å². The summed E-state index contributed by atoms with van der Waals surface area (Å²) < 4.78 is 19.0. The summed E-state index contributed by atoms with van der Waals surface area (Å²) in [4.78, 5) is 25.5. The molecular formula is C26H28N4O4. The number of rotatable bonds is 6. The Hall–Kier alpha value is -3.68. The van der Waals surface area contributed by atoms with Crippen LogP contribution < -0.4 is 9.47 Å². The molecule has 3 heterocycles. The highest BCUT2D eigenvalue weighted by Gasteiger charge is 2.38. The number of aromatic nitrogens is 3. The normalized spacial score (nSPS) is 21.1. The van der Waals surface area contributed by atoms with Crippen LogP contribution in [-0.2, 0) is 9.53 Å². The number of aliphatic imine (C=N–C) groups is 1. The van der Waals surface area contributed by atoms with E-state index in [1.54, 1.807) is 19.6 Å². The highest BCUT2D eigenvalue weighted by atomic mass is 16.5. The number of hydrogen-bond donors (Lipinski definition) is 0. The van der Waals surface area contributed by atoms with Crippen LogP contribution in [0.15, 0.2) is 54.2 Å². The molecule has 1 aliphatic carbocycles. The summed E-state index contributed by atoms with van der Waals surface area (Å²) in [6.07, 6.45) is 9.46. The molecular weight excluding hydrogens is 432 g/mol. The van der Waals surface area contributed by atoms with Gasteiger partial charge < -0.3 is 14.2 Å². The smallest absolute Gasteiger partial charge is 0.302 e. The first kappa shape index (κ1) is 22.1. The van der Waals surface area contributed by atoms with E-state index in [4.69, 9.17) is 19.2 Å². The van der Waals surface area contributed by atoms with E-state index < -0.39 is 0 Å². The van der Waals surface area contributed by atoms with Crippen LogP contribution in [0, 0.1) is 0 Å². The Bertz CT molecular complexity index is 1200. The zero-order valence-electron chi connectivity index (χ0n) is 19.6. The highest BCUT2D eigenvalue weighted by molar-refractivity contribution is 6.14. The monoisotopic (exact) mass is 460 g/mol. The number of esters is 1. The third-order valence-electron chi connectivity index (χ3n) is 6.47. The van der Waals surface area contributed by atoms with Crippen molar-refractivity contribution in [2.75, 3.05) is 13.7 Å². The molecule has 5 rings (SSSR count). The zero-order valence-corrected chi connectivity index (χ0v) is 19.6. The maximum absolute atomic E-state index is 11.6. The molecule has 3 unspecified atom stereocenters. The van der Waals surface area contributed by atoms with Crippen LogP contribution in [0.3, 0.4) is 0 Å². The molecule has 8 heteroatoms. The molecule has 8 nitrogen and oxygen atoms in total. The SMILES string of the molecule is CCOc1cc2c(cc1OC)C(c1ccc(-n3ccnc3)nc1)=NC1CCC(OC(C)=O)CC21. The maximum atomic E-state index is 11.6. The molecule has 0 radical (unpaired) electrons. The Morgan fingerprint density at radius 3 is 2.76 bits per heavy atom. The average molecular weight is 461 g/mol. The summed E-state index contributed by atoms with van der Waals surface area (Å²) in [6, 6.07) is 8.20. The molecule has 0 saturated heterocycles. The van der Waals surface area contributed by atoms with E-state index in [0.29, 0.717) is 18.1 Å². The van der Waals surface area contributed by atoms with Crippen LogP contribution >= 0.6 is 0 Å². The molecule has 1 fully saturated rings. The van der Waals surface area contributed by atoms with Crippen LogP contribution in [0.1, 0.15) is 55.7 Å². The Balaban J connectivity index is 1.57. The lowest BCUT2D eigenvalue weighted by Gasteiger charge is -2.38. The molecule has 0 spiro atoms. The van der Waals surface area contributed by atoms with Gasteiger partial charge in [-0.25, -0.2) is 9.97 Å². The van der Waals surface area contributed by atoms with Gasteiger partial charge in [0.05, 0.1) is 25.5 Å². The highest BCUT2D eigenvalue weighted by Crippen LogP contribution is 2.45. The molecule has 176 valence electrons. The van der Waals surface area contributed by atoms with Crippen LogP contribution in [0.2, 0.25) is 0 Å². The fourth-order valence-corrected chi connectivity index (χ4v) is 5.00. The lowest BCUT2D eigenvalue weighted by Crippen LogP contribution is -2.36. The third kappa shape index (κ3) is 4.16. The van der Waals surface area contributed by atoms with Crippen molar-refractivity contribution in [3.63, 3.8) is 0 Å². The van der Waals surface area contributed by atoms with Gasteiger partial charge in [-0.15, -0.1) is 0 Å². The van der Waals surface area contributed by atoms with Gasteiger partial charge in [0, 0.05) is 42.6 Å². The number of carbonyl (C=O) groups is 1. The largest absolute Gasteiger partial charge is 0.493 e. The fourth-order valence-electron chi connectivity index (χ4n) is 5.00. The molecule has 3 aromatic rings. The Labute approximate surface area is 198 Å². The van der Waals surface area contributed by atoms with Gasteiger partial charge in [-0.1, -0.05) is 0 Å². The van der Waals surface area contributed by atoms with Crippen molar-refractivity contribution in [2.24, 2.45) is 4.99 Å². The first-order valence-corrected chi connectivity index (χ1v) is 11.6. The van der Waals surface area contributed by atoms with Gasteiger partial charge in [0.2, 0.25) is 0 Å². The summed E-state index contributed by atoms with van der Waals surface area (Å²) in [5, 5.41) is 0. The molecule has 1 aliphatic heterocycles. The topological polar surface area (TPSA) is 87.8 Å². The molecule has 2 aliphatic rings. The quantitative estimate of drug-likeness (QED) is 0.515. The van der Waals surface area contributed by atoms with Crippen LogP contribution in [0.25, 0.3) is 5.82 Å². The first-order valence-electron chi connectivity index (χ1n) is 11.6. The summed E-state index contributed by atoms with van der Waals surface area (Å²) >= 11 is 0. The van der Waals surface area contributed by atoms with Gasteiger partial charge in [0.25, 0.3) is 0 Å². The van der Waals surface area contributed by atoms with Crippen LogP contribution in [0.5, 0.6) is 11.5 Å². The number of methoxy groups -OCH3 is 1. The van der Waals surface area contributed by atoms with Crippen LogP contribution in [-0.4, -0.2) is 52.1 Å². The van der Waals surface area contributed by atoms with Crippen LogP contribution in [0.4, 0.5) is 0 Å². The van der Waals surface area contributed by atoms with Gasteiger partial charge in [0.15, 0.2) is 11.5 Å². The van der Waals surface area contributed by atoms with E-state index in [-0.39, 0.29) is 24.0 Å². The number of benzene rings is 1. The second kappa shape index (κ2) is 9.29. The van der Waals surface area contributed by atoms with Gasteiger partial charge in [-0.05, 0) is 56.0 Å². The standard InChI is InChI=1S/C26H28N4O4/c1-4-33-24-12-19-20-11-18(34-16(2)31)6-7-22(20)29-26(21(19)13-23(24)32-3)17-5-8-25(28-14-17)30-10-9-27-15-30/h5,8-10,12-15,18,20,22H,4,6-7,11H2,1-3H3. The number of fused-ring (bicyclic) bond motifs is 3. The number of ether oxygens (including phenoxy) is 3. The van der Waals surface area contributed by atoms with Crippen molar-refractivity contribution in [2.45, 2.75) is 51.2 Å². The van der Waals surface area contributed by atoms with Gasteiger partial charge in [0.1, 0.15) is 18.2 Å². The van der Waals surface area contributed by atoms with E-state index in [1.807, 2.05) is 42.1 Å². The minimum Gasteiger partial charge on any atom is -0.493 e. The van der Waals surface area contributed by atoms with Gasteiger partial charge in [-0.3, -0.25) is 14.4 Å². The zero-order chi connectivity index (χ0) is 23.7. The van der Waals surface area contributed by atoms with Crippen molar-refractivity contribution < 1.29 is 19.0 Å². The Morgan fingerprint density at radius 1 is 1.21 bits per heavy atom. The molecule has 3 atom stereocenters. The number of pyridine rings is 1. The van der Waals surface area contributed by atoms with Crippen molar-refractivity contribution in [1.29, 1.82) is 0 Å². The molecule has 1 saturated carbocycles.